The molecule has 0 aromatic carbocycles. The highest BCUT2D eigenvalue weighted by Crippen LogP contribution is 2.59. The van der Waals surface area contributed by atoms with Crippen molar-refractivity contribution in [2.45, 2.75) is 48.7 Å². The minimum absolute atomic E-state index is 0.0268. The molecule has 1 saturated carbocycles. The van der Waals surface area contributed by atoms with Gasteiger partial charge in [-0.3, -0.25) is 0 Å². The highest BCUT2D eigenvalue weighted by molar-refractivity contribution is 7.97. The Kier molecular flexibility index (Phi) is 3.54. The Morgan fingerprint density at radius 3 is 2.67 bits per heavy atom. The molecule has 120 valence electrons. The standard InChI is InChI=1S/C14H22O5S2/c1-2-3-4-7-21(18,19)14-11-6-5-10(8-11)13(14)20(16,17)9-12(14)15/h5-6,10-13,15H,2-4,7-9H2,1H3/t10?,11?,12?,13-,14?/m0/s1. The third kappa shape index (κ3) is 1.90. The zero-order chi connectivity index (χ0) is 15.5. The van der Waals surface area contributed by atoms with Crippen molar-refractivity contribution < 1.29 is 21.9 Å². The van der Waals surface area contributed by atoms with Gasteiger partial charge in [-0.1, -0.05) is 31.9 Å². The number of hydrogen-bond donors (Lipinski definition) is 1. The smallest absolute Gasteiger partial charge is 0.160 e. The molecule has 1 aliphatic heterocycles. The number of aliphatic hydroxyl groups is 1. The molecule has 2 fully saturated rings. The Balaban J connectivity index is 2.07. The molecule has 7 heteroatoms. The number of rotatable bonds is 5. The topological polar surface area (TPSA) is 88.5 Å². The molecule has 0 aromatic rings. The van der Waals surface area contributed by atoms with Crippen molar-refractivity contribution >= 4 is 19.7 Å². The van der Waals surface area contributed by atoms with Crippen molar-refractivity contribution in [3.05, 3.63) is 12.2 Å². The van der Waals surface area contributed by atoms with Gasteiger partial charge in [0.05, 0.1) is 22.9 Å². The first-order valence-corrected chi connectivity index (χ1v) is 10.9. The van der Waals surface area contributed by atoms with Crippen molar-refractivity contribution in [1.29, 1.82) is 0 Å². The molecule has 5 atom stereocenters. The van der Waals surface area contributed by atoms with E-state index in [4.69, 9.17) is 0 Å². The Morgan fingerprint density at radius 2 is 2.00 bits per heavy atom. The maximum Gasteiger partial charge on any atom is 0.160 e. The monoisotopic (exact) mass is 334 g/mol. The van der Waals surface area contributed by atoms with E-state index in [1.807, 2.05) is 19.1 Å². The first-order valence-electron chi connectivity index (χ1n) is 7.57. The van der Waals surface area contributed by atoms with Crippen LogP contribution in [0.15, 0.2) is 12.2 Å². The van der Waals surface area contributed by atoms with Crippen molar-refractivity contribution in [3.63, 3.8) is 0 Å². The lowest BCUT2D eigenvalue weighted by atomic mass is 9.88. The van der Waals surface area contributed by atoms with Gasteiger partial charge in [0.15, 0.2) is 19.7 Å². The second-order valence-corrected chi connectivity index (χ2v) is 11.0. The molecule has 2 bridgehead atoms. The van der Waals surface area contributed by atoms with Crippen LogP contribution >= 0.6 is 0 Å². The Labute approximate surface area is 126 Å². The predicted octanol–water partition coefficient (Wildman–Crippen LogP) is 0.694. The molecule has 1 N–H and O–H groups in total. The molecule has 0 radical (unpaired) electrons. The van der Waals surface area contributed by atoms with Gasteiger partial charge in [0.1, 0.15) is 4.75 Å². The molecule has 0 amide bonds. The summed E-state index contributed by atoms with van der Waals surface area (Å²) in [7, 11) is -7.22. The summed E-state index contributed by atoms with van der Waals surface area (Å²) >= 11 is 0. The average Bonchev–Trinajstić information content (AvgIpc) is 3.01. The maximum atomic E-state index is 12.9. The molecular weight excluding hydrogens is 312 g/mol. The van der Waals surface area contributed by atoms with Crippen molar-refractivity contribution in [2.24, 2.45) is 11.8 Å². The van der Waals surface area contributed by atoms with E-state index in [-0.39, 0.29) is 17.6 Å². The van der Waals surface area contributed by atoms with Crippen LogP contribution < -0.4 is 0 Å². The molecule has 1 saturated heterocycles. The second-order valence-electron chi connectivity index (χ2n) is 6.54. The summed E-state index contributed by atoms with van der Waals surface area (Å²) in [5.74, 6) is -1.05. The lowest BCUT2D eigenvalue weighted by molar-refractivity contribution is 0.142. The van der Waals surface area contributed by atoms with E-state index < -0.39 is 41.5 Å². The highest BCUT2D eigenvalue weighted by Gasteiger charge is 2.74. The van der Waals surface area contributed by atoms with Crippen LogP contribution in [0.2, 0.25) is 0 Å². The third-order valence-electron chi connectivity index (χ3n) is 5.38. The molecule has 2 aliphatic carbocycles. The van der Waals surface area contributed by atoms with Gasteiger partial charge in [-0.25, -0.2) is 16.8 Å². The fraction of sp³-hybridized carbons (Fsp3) is 0.857. The van der Waals surface area contributed by atoms with E-state index in [1.165, 1.54) is 0 Å². The summed E-state index contributed by atoms with van der Waals surface area (Å²) in [5, 5.41) is 9.46. The van der Waals surface area contributed by atoms with Gasteiger partial charge in [0.2, 0.25) is 0 Å². The first-order chi connectivity index (χ1) is 9.77. The molecule has 1 heterocycles. The molecule has 21 heavy (non-hydrogen) atoms. The van der Waals surface area contributed by atoms with Gasteiger partial charge in [-0.2, -0.15) is 0 Å². The van der Waals surface area contributed by atoms with Crippen molar-refractivity contribution in [1.82, 2.24) is 0 Å². The summed E-state index contributed by atoms with van der Waals surface area (Å²) in [5.41, 5.74) is 0. The number of sulfone groups is 2. The van der Waals surface area contributed by atoms with Gasteiger partial charge in [0.25, 0.3) is 0 Å². The lowest BCUT2D eigenvalue weighted by Gasteiger charge is -2.37. The summed E-state index contributed by atoms with van der Waals surface area (Å²) in [4.78, 5) is 0. The third-order valence-corrected chi connectivity index (χ3v) is 10.6. The molecule has 3 aliphatic rings. The fourth-order valence-corrected chi connectivity index (χ4v) is 10.7. The van der Waals surface area contributed by atoms with E-state index in [0.29, 0.717) is 12.8 Å². The van der Waals surface area contributed by atoms with E-state index in [2.05, 4.69) is 0 Å². The van der Waals surface area contributed by atoms with Gasteiger partial charge >= 0.3 is 0 Å². The van der Waals surface area contributed by atoms with Gasteiger partial charge < -0.3 is 5.11 Å². The van der Waals surface area contributed by atoms with Gasteiger partial charge in [-0.05, 0) is 18.8 Å². The highest BCUT2D eigenvalue weighted by atomic mass is 32.2. The Bertz CT molecular complexity index is 663. The molecule has 4 unspecified atom stereocenters. The second kappa shape index (κ2) is 4.80. The molecule has 5 nitrogen and oxygen atoms in total. The van der Waals surface area contributed by atoms with E-state index >= 15 is 0 Å². The van der Waals surface area contributed by atoms with Gasteiger partial charge in [0, 0.05) is 5.92 Å². The summed E-state index contributed by atoms with van der Waals surface area (Å²) in [6, 6.07) is 0. The maximum absolute atomic E-state index is 12.9. The van der Waals surface area contributed by atoms with Crippen LogP contribution in [0, 0.1) is 11.8 Å². The first kappa shape index (κ1) is 15.5. The van der Waals surface area contributed by atoms with Crippen molar-refractivity contribution in [3.8, 4) is 0 Å². The largest absolute Gasteiger partial charge is 0.390 e. The Morgan fingerprint density at radius 1 is 1.29 bits per heavy atom. The number of aliphatic hydroxyl groups excluding tert-OH is 1. The van der Waals surface area contributed by atoms with E-state index in [0.717, 1.165) is 12.8 Å². The van der Waals surface area contributed by atoms with Gasteiger partial charge in [-0.15, -0.1) is 0 Å². The summed E-state index contributed by atoms with van der Waals surface area (Å²) in [6.07, 6.45) is 5.10. The number of fused-ring (bicyclic) bond motifs is 5. The SMILES string of the molecule is CCCCCS(=O)(=O)C12C(O)CS(=O)(=O)[C@H]1C1C=CC2C1. The van der Waals surface area contributed by atoms with Crippen LogP contribution in [0.1, 0.15) is 32.6 Å². The van der Waals surface area contributed by atoms with Crippen LogP contribution in [0.5, 0.6) is 0 Å². The molecular formula is C14H22O5S2. The van der Waals surface area contributed by atoms with Crippen LogP contribution in [0.4, 0.5) is 0 Å². The molecule has 3 rings (SSSR count). The lowest BCUT2D eigenvalue weighted by Crippen LogP contribution is -2.57. The number of hydrogen-bond acceptors (Lipinski definition) is 5. The summed E-state index contributed by atoms with van der Waals surface area (Å²) in [6.45, 7) is 1.99. The number of unbranched alkanes of at least 4 members (excludes halogenated alkanes) is 2. The Hall–Kier alpha value is -0.400. The average molecular weight is 334 g/mol. The van der Waals surface area contributed by atoms with Crippen LogP contribution in [-0.2, 0) is 19.7 Å². The van der Waals surface area contributed by atoms with E-state index in [1.54, 1.807) is 0 Å². The zero-order valence-electron chi connectivity index (χ0n) is 12.1. The minimum Gasteiger partial charge on any atom is -0.390 e. The molecule has 0 aromatic heterocycles. The van der Waals surface area contributed by atoms with Crippen LogP contribution in [0.25, 0.3) is 0 Å². The van der Waals surface area contributed by atoms with Crippen molar-refractivity contribution in [2.75, 3.05) is 11.5 Å². The number of allylic oxidation sites excluding steroid dienone is 2. The predicted molar refractivity (Wildman–Crippen MR) is 80.4 cm³/mol. The quantitative estimate of drug-likeness (QED) is 0.590. The van der Waals surface area contributed by atoms with Crippen LogP contribution in [0.3, 0.4) is 0 Å². The normalized spacial score (nSPS) is 43.3. The minimum atomic E-state index is -3.66. The fourth-order valence-electron chi connectivity index (χ4n) is 4.60. The van der Waals surface area contributed by atoms with Crippen LogP contribution in [-0.4, -0.2) is 49.5 Å². The summed E-state index contributed by atoms with van der Waals surface area (Å²) < 4.78 is 49.1. The van der Waals surface area contributed by atoms with E-state index in [9.17, 15) is 21.9 Å². The zero-order valence-corrected chi connectivity index (χ0v) is 13.7. The molecule has 0 spiro atoms.